The molecule has 1 fully saturated rings. The third kappa shape index (κ3) is 5.34. The average Bonchev–Trinajstić information content (AvgIpc) is 3.10. The molecule has 152 valence electrons. The number of hydrogen-bond acceptors (Lipinski definition) is 5. The van der Waals surface area contributed by atoms with Crippen molar-refractivity contribution in [3.63, 3.8) is 0 Å². The Hall–Kier alpha value is -3.35. The smallest absolute Gasteiger partial charge is 0.311 e. The number of esters is 1. The minimum absolute atomic E-state index is 0.0611. The molecule has 0 unspecified atom stereocenters. The van der Waals surface area contributed by atoms with E-state index in [9.17, 15) is 14.4 Å². The van der Waals surface area contributed by atoms with Crippen LogP contribution in [0.5, 0.6) is 5.75 Å². The van der Waals surface area contributed by atoms with Crippen LogP contribution in [0.3, 0.4) is 0 Å². The molecule has 7 nitrogen and oxygen atoms in total. The molecule has 2 aromatic carbocycles. The van der Waals surface area contributed by atoms with Gasteiger partial charge in [0, 0.05) is 24.3 Å². The van der Waals surface area contributed by atoms with E-state index in [4.69, 9.17) is 9.47 Å². The third-order valence-corrected chi connectivity index (χ3v) is 4.60. The highest BCUT2D eigenvalue weighted by atomic mass is 16.5. The predicted molar refractivity (Wildman–Crippen MR) is 109 cm³/mol. The Bertz CT molecular complexity index is 877. The summed E-state index contributed by atoms with van der Waals surface area (Å²) in [5.41, 5.74) is 2.41. The number of rotatable bonds is 7. The van der Waals surface area contributed by atoms with Gasteiger partial charge < -0.3 is 19.7 Å². The SMILES string of the molecule is CCOc1ccc(N2C[C@@H](C(=O)OCC(=O)Nc3ccc(C)cc3)CC2=O)cc1. The van der Waals surface area contributed by atoms with E-state index in [1.165, 1.54) is 0 Å². The number of benzene rings is 2. The van der Waals surface area contributed by atoms with Crippen LogP contribution < -0.4 is 15.0 Å². The summed E-state index contributed by atoms with van der Waals surface area (Å²) in [6.07, 6.45) is 0.0611. The molecule has 1 aliphatic rings. The zero-order valence-electron chi connectivity index (χ0n) is 16.5. The fourth-order valence-electron chi connectivity index (χ4n) is 3.09. The van der Waals surface area contributed by atoms with Gasteiger partial charge in [-0.25, -0.2) is 0 Å². The topological polar surface area (TPSA) is 84.9 Å². The van der Waals surface area contributed by atoms with Crippen molar-refractivity contribution < 1.29 is 23.9 Å². The molecule has 1 N–H and O–H groups in total. The molecule has 0 spiro atoms. The van der Waals surface area contributed by atoms with Crippen LogP contribution in [0.1, 0.15) is 18.9 Å². The van der Waals surface area contributed by atoms with E-state index in [2.05, 4.69) is 5.32 Å². The molecule has 1 saturated heterocycles. The van der Waals surface area contributed by atoms with Crippen molar-refractivity contribution >= 4 is 29.2 Å². The lowest BCUT2D eigenvalue weighted by Crippen LogP contribution is -2.28. The van der Waals surface area contributed by atoms with Crippen molar-refractivity contribution in [2.24, 2.45) is 5.92 Å². The van der Waals surface area contributed by atoms with Gasteiger partial charge >= 0.3 is 5.97 Å². The molecule has 0 aromatic heterocycles. The van der Waals surface area contributed by atoms with Gasteiger partial charge in [-0.15, -0.1) is 0 Å². The van der Waals surface area contributed by atoms with E-state index in [-0.39, 0.29) is 25.5 Å². The van der Waals surface area contributed by atoms with Gasteiger partial charge in [0.05, 0.1) is 12.5 Å². The number of carbonyl (C=O) groups is 3. The van der Waals surface area contributed by atoms with Crippen molar-refractivity contribution in [2.45, 2.75) is 20.3 Å². The first-order chi connectivity index (χ1) is 14.0. The van der Waals surface area contributed by atoms with Gasteiger partial charge in [-0.2, -0.15) is 0 Å². The first-order valence-electron chi connectivity index (χ1n) is 9.52. The fraction of sp³-hybridized carbons (Fsp3) is 0.318. The molecule has 29 heavy (non-hydrogen) atoms. The third-order valence-electron chi connectivity index (χ3n) is 4.60. The van der Waals surface area contributed by atoms with Crippen molar-refractivity contribution in [3.8, 4) is 5.75 Å². The molecule has 2 aromatic rings. The quantitative estimate of drug-likeness (QED) is 0.728. The highest BCUT2D eigenvalue weighted by Crippen LogP contribution is 2.27. The lowest BCUT2D eigenvalue weighted by atomic mass is 10.1. The van der Waals surface area contributed by atoms with Crippen LogP contribution in [0, 0.1) is 12.8 Å². The number of nitrogens with zero attached hydrogens (tertiary/aromatic N) is 1. The highest BCUT2D eigenvalue weighted by Gasteiger charge is 2.36. The minimum atomic E-state index is -0.596. The fourth-order valence-corrected chi connectivity index (χ4v) is 3.09. The Kier molecular flexibility index (Phi) is 6.49. The van der Waals surface area contributed by atoms with Gasteiger partial charge in [0.1, 0.15) is 5.75 Å². The molecule has 0 bridgehead atoms. The number of aryl methyl sites for hydroxylation is 1. The van der Waals surface area contributed by atoms with Gasteiger partial charge in [0.25, 0.3) is 5.91 Å². The molecule has 3 rings (SSSR count). The Labute approximate surface area is 169 Å². The number of hydrogen-bond donors (Lipinski definition) is 1. The van der Waals surface area contributed by atoms with Crippen LogP contribution in [0.2, 0.25) is 0 Å². The van der Waals surface area contributed by atoms with Crippen LogP contribution in [0.4, 0.5) is 11.4 Å². The van der Waals surface area contributed by atoms with E-state index in [1.54, 1.807) is 41.3 Å². The van der Waals surface area contributed by atoms with E-state index in [0.29, 0.717) is 18.0 Å². The molecule has 1 aliphatic heterocycles. The van der Waals surface area contributed by atoms with Crippen LogP contribution in [0.15, 0.2) is 48.5 Å². The summed E-state index contributed by atoms with van der Waals surface area (Å²) in [7, 11) is 0. The summed E-state index contributed by atoms with van der Waals surface area (Å²) in [6.45, 7) is 4.25. The molecule has 0 aliphatic carbocycles. The van der Waals surface area contributed by atoms with Crippen LogP contribution in [0.25, 0.3) is 0 Å². The second kappa shape index (κ2) is 9.23. The Morgan fingerprint density at radius 3 is 2.45 bits per heavy atom. The highest BCUT2D eigenvalue weighted by molar-refractivity contribution is 6.00. The lowest BCUT2D eigenvalue weighted by Gasteiger charge is -2.17. The maximum Gasteiger partial charge on any atom is 0.311 e. The number of nitrogens with one attached hydrogen (secondary N) is 1. The maximum atomic E-state index is 12.3. The maximum absolute atomic E-state index is 12.3. The standard InChI is InChI=1S/C22H24N2O5/c1-3-28-19-10-8-18(9-11-19)24-13-16(12-21(24)26)22(27)29-14-20(25)23-17-6-4-15(2)5-7-17/h4-11,16H,3,12-14H2,1-2H3,(H,23,25)/t16-/m0/s1. The second-order valence-corrected chi connectivity index (χ2v) is 6.85. The predicted octanol–water partition coefficient (Wildman–Crippen LogP) is 2.93. The van der Waals surface area contributed by atoms with E-state index in [0.717, 1.165) is 11.3 Å². The van der Waals surface area contributed by atoms with Crippen molar-refractivity contribution in [3.05, 3.63) is 54.1 Å². The van der Waals surface area contributed by atoms with Gasteiger partial charge in [-0.1, -0.05) is 17.7 Å². The van der Waals surface area contributed by atoms with Gasteiger partial charge in [0.2, 0.25) is 5.91 Å². The first kappa shape index (κ1) is 20.4. The summed E-state index contributed by atoms with van der Waals surface area (Å²) in [4.78, 5) is 38.1. The van der Waals surface area contributed by atoms with E-state index < -0.39 is 17.8 Å². The molecule has 2 amide bonds. The molecule has 1 heterocycles. The summed E-state index contributed by atoms with van der Waals surface area (Å²) in [5, 5.41) is 2.67. The van der Waals surface area contributed by atoms with Crippen molar-refractivity contribution in [1.82, 2.24) is 0 Å². The van der Waals surface area contributed by atoms with E-state index >= 15 is 0 Å². The number of anilines is 2. The molecule has 0 saturated carbocycles. The zero-order chi connectivity index (χ0) is 20.8. The van der Waals surface area contributed by atoms with Crippen molar-refractivity contribution in [2.75, 3.05) is 30.0 Å². The Balaban J connectivity index is 1.50. The number of ether oxygens (including phenoxy) is 2. The van der Waals surface area contributed by atoms with Crippen LogP contribution in [-0.4, -0.2) is 37.5 Å². The van der Waals surface area contributed by atoms with Gasteiger partial charge in [0.15, 0.2) is 6.61 Å². The monoisotopic (exact) mass is 396 g/mol. The second-order valence-electron chi connectivity index (χ2n) is 6.85. The van der Waals surface area contributed by atoms with Crippen LogP contribution >= 0.6 is 0 Å². The average molecular weight is 396 g/mol. The number of amides is 2. The molecular weight excluding hydrogens is 372 g/mol. The van der Waals surface area contributed by atoms with Gasteiger partial charge in [-0.05, 0) is 50.2 Å². The summed E-state index contributed by atoms with van der Waals surface area (Å²) in [5.74, 6) is -0.999. The molecule has 7 heteroatoms. The largest absolute Gasteiger partial charge is 0.494 e. The minimum Gasteiger partial charge on any atom is -0.494 e. The van der Waals surface area contributed by atoms with Gasteiger partial charge in [-0.3, -0.25) is 14.4 Å². The molecule has 1 atom stereocenters. The van der Waals surface area contributed by atoms with E-state index in [1.807, 2.05) is 26.0 Å². The molecular formula is C22H24N2O5. The Morgan fingerprint density at radius 1 is 1.10 bits per heavy atom. The lowest BCUT2D eigenvalue weighted by molar-refractivity contribution is -0.151. The summed E-state index contributed by atoms with van der Waals surface area (Å²) >= 11 is 0. The van der Waals surface area contributed by atoms with Crippen molar-refractivity contribution in [1.29, 1.82) is 0 Å². The summed E-state index contributed by atoms with van der Waals surface area (Å²) < 4.78 is 10.5. The molecule has 0 radical (unpaired) electrons. The number of carbonyl (C=O) groups excluding carboxylic acids is 3. The Morgan fingerprint density at radius 2 is 1.79 bits per heavy atom. The normalized spacial score (nSPS) is 15.9. The summed E-state index contributed by atoms with van der Waals surface area (Å²) in [6, 6.07) is 14.4. The zero-order valence-corrected chi connectivity index (χ0v) is 16.5. The first-order valence-corrected chi connectivity index (χ1v) is 9.52. The van der Waals surface area contributed by atoms with Crippen LogP contribution in [-0.2, 0) is 19.1 Å².